The highest BCUT2D eigenvalue weighted by atomic mass is 35.5. The molecule has 1 amide bonds. The number of rotatable bonds is 3. The molecule has 28 heavy (non-hydrogen) atoms. The third-order valence-corrected chi connectivity index (χ3v) is 4.93. The van der Waals surface area contributed by atoms with Crippen molar-refractivity contribution in [3.05, 3.63) is 81.2 Å². The molecule has 0 atom stereocenters. The highest BCUT2D eigenvalue weighted by Crippen LogP contribution is 2.37. The summed E-state index contributed by atoms with van der Waals surface area (Å²) < 4.78 is 38.9. The lowest BCUT2D eigenvalue weighted by Crippen LogP contribution is -2.19. The third kappa shape index (κ3) is 5.05. The standard InChI is InChI=1S/C20H14ClF3N2OS/c1-12(9-13-5-3-2-4-6-13)10-17-18(27)26-19(28-17)25-14-7-8-16(21)15(11-14)20(22,23)24/h2-11H,1H3,(H,25,26,27)/b12-9+,17-10-. The first-order chi connectivity index (χ1) is 13.2. The number of carbonyl (C=O) groups excluding carboxylic acids is 1. The average molecular weight is 423 g/mol. The first-order valence-corrected chi connectivity index (χ1v) is 9.31. The van der Waals surface area contributed by atoms with Crippen LogP contribution in [-0.4, -0.2) is 11.1 Å². The summed E-state index contributed by atoms with van der Waals surface area (Å²) in [6.45, 7) is 1.86. The molecule has 0 aromatic heterocycles. The Labute approximate surface area is 169 Å². The van der Waals surface area contributed by atoms with Crippen LogP contribution >= 0.6 is 23.4 Å². The van der Waals surface area contributed by atoms with Gasteiger partial charge in [-0.3, -0.25) is 4.79 Å². The van der Waals surface area contributed by atoms with Gasteiger partial charge < -0.3 is 5.32 Å². The van der Waals surface area contributed by atoms with Gasteiger partial charge >= 0.3 is 6.18 Å². The number of thioether (sulfide) groups is 1. The summed E-state index contributed by atoms with van der Waals surface area (Å²) in [4.78, 5) is 16.6. The number of nitrogens with one attached hydrogen (secondary N) is 1. The van der Waals surface area contributed by atoms with E-state index in [1.807, 2.05) is 43.3 Å². The number of amidine groups is 1. The number of allylic oxidation sites excluding steroid dienone is 2. The Kier molecular flexibility index (Phi) is 5.96. The predicted molar refractivity (Wildman–Crippen MR) is 107 cm³/mol. The Morgan fingerprint density at radius 2 is 1.89 bits per heavy atom. The summed E-state index contributed by atoms with van der Waals surface area (Å²) in [5, 5.41) is 2.37. The maximum Gasteiger partial charge on any atom is 0.417 e. The molecule has 3 nitrogen and oxygen atoms in total. The molecule has 1 heterocycles. The smallest absolute Gasteiger partial charge is 0.300 e. The Bertz CT molecular complexity index is 998. The molecule has 0 saturated carbocycles. The molecule has 0 bridgehead atoms. The summed E-state index contributed by atoms with van der Waals surface area (Å²) in [6, 6.07) is 13.0. The van der Waals surface area contributed by atoms with Crippen LogP contribution in [0.25, 0.3) is 6.08 Å². The fourth-order valence-corrected chi connectivity index (χ4v) is 3.57. The van der Waals surface area contributed by atoms with Crippen molar-refractivity contribution in [2.75, 3.05) is 0 Å². The van der Waals surface area contributed by atoms with Crippen molar-refractivity contribution in [2.24, 2.45) is 4.99 Å². The van der Waals surface area contributed by atoms with Gasteiger partial charge in [0.2, 0.25) is 0 Å². The Balaban J connectivity index is 1.82. The molecule has 1 N–H and O–H groups in total. The zero-order chi connectivity index (χ0) is 20.3. The monoisotopic (exact) mass is 422 g/mol. The molecule has 0 spiro atoms. The molecule has 8 heteroatoms. The lowest BCUT2D eigenvalue weighted by molar-refractivity contribution is -0.137. The minimum absolute atomic E-state index is 0.0531. The van der Waals surface area contributed by atoms with Crippen LogP contribution in [0.15, 0.2) is 70.1 Å². The third-order valence-electron chi connectivity index (χ3n) is 3.69. The zero-order valence-corrected chi connectivity index (χ0v) is 16.1. The molecule has 2 aromatic rings. The SMILES string of the molecule is CC(/C=C1\SC(=Nc2ccc(Cl)c(C(F)(F)F)c2)NC1=O)=C\c1ccccc1. The van der Waals surface area contributed by atoms with Crippen molar-refractivity contribution in [2.45, 2.75) is 13.1 Å². The Morgan fingerprint density at radius 1 is 1.18 bits per heavy atom. The Hall–Kier alpha value is -2.51. The minimum Gasteiger partial charge on any atom is -0.300 e. The molecular weight excluding hydrogens is 409 g/mol. The van der Waals surface area contributed by atoms with E-state index in [0.29, 0.717) is 4.91 Å². The first kappa shape index (κ1) is 20.2. The molecular formula is C20H14ClF3N2OS. The molecule has 0 unspecified atom stereocenters. The van der Waals surface area contributed by atoms with Gasteiger partial charge in [0, 0.05) is 0 Å². The number of benzene rings is 2. The van der Waals surface area contributed by atoms with Crippen LogP contribution in [0.1, 0.15) is 18.1 Å². The average Bonchev–Trinajstić information content (AvgIpc) is 2.95. The Morgan fingerprint density at radius 3 is 2.57 bits per heavy atom. The fourth-order valence-electron chi connectivity index (χ4n) is 2.46. The van der Waals surface area contributed by atoms with Crippen molar-refractivity contribution < 1.29 is 18.0 Å². The second-order valence-corrected chi connectivity index (χ2v) is 7.38. The van der Waals surface area contributed by atoms with Gasteiger partial charge in [0.05, 0.1) is 21.2 Å². The molecule has 144 valence electrons. The lowest BCUT2D eigenvalue weighted by atomic mass is 10.1. The molecule has 1 fully saturated rings. The van der Waals surface area contributed by atoms with E-state index < -0.39 is 16.8 Å². The van der Waals surface area contributed by atoms with Crippen molar-refractivity contribution in [3.63, 3.8) is 0 Å². The van der Waals surface area contributed by atoms with Crippen LogP contribution < -0.4 is 5.32 Å². The van der Waals surface area contributed by atoms with E-state index in [9.17, 15) is 18.0 Å². The first-order valence-electron chi connectivity index (χ1n) is 8.12. The van der Waals surface area contributed by atoms with Crippen LogP contribution in [0.4, 0.5) is 18.9 Å². The quantitative estimate of drug-likeness (QED) is 0.598. The topological polar surface area (TPSA) is 41.5 Å². The largest absolute Gasteiger partial charge is 0.417 e. The predicted octanol–water partition coefficient (Wildman–Crippen LogP) is 6.20. The minimum atomic E-state index is -4.58. The number of nitrogens with zero attached hydrogens (tertiary/aromatic N) is 1. The van der Waals surface area contributed by atoms with Crippen LogP contribution in [-0.2, 0) is 11.0 Å². The molecule has 2 aromatic carbocycles. The van der Waals surface area contributed by atoms with Crippen molar-refractivity contribution in [3.8, 4) is 0 Å². The molecule has 0 radical (unpaired) electrons. The van der Waals surface area contributed by atoms with Crippen LogP contribution in [0, 0.1) is 0 Å². The van der Waals surface area contributed by atoms with Gasteiger partial charge in [-0.1, -0.05) is 48.0 Å². The van der Waals surface area contributed by atoms with E-state index >= 15 is 0 Å². The van der Waals surface area contributed by atoms with Crippen molar-refractivity contribution >= 4 is 46.2 Å². The van der Waals surface area contributed by atoms with Crippen LogP contribution in [0.5, 0.6) is 0 Å². The summed E-state index contributed by atoms with van der Waals surface area (Å²) in [7, 11) is 0. The van der Waals surface area contributed by atoms with Gasteiger partial charge in [0.15, 0.2) is 5.17 Å². The van der Waals surface area contributed by atoms with Crippen molar-refractivity contribution in [1.29, 1.82) is 0 Å². The summed E-state index contributed by atoms with van der Waals surface area (Å²) in [5.41, 5.74) is 0.936. The number of carbonyl (C=O) groups is 1. The van der Waals surface area contributed by atoms with E-state index in [4.69, 9.17) is 11.6 Å². The van der Waals surface area contributed by atoms with Gasteiger partial charge in [-0.2, -0.15) is 13.2 Å². The zero-order valence-electron chi connectivity index (χ0n) is 14.5. The number of aliphatic imine (C=N–C) groups is 1. The molecule has 1 aliphatic heterocycles. The highest BCUT2D eigenvalue weighted by Gasteiger charge is 2.33. The molecule has 1 aliphatic rings. The van der Waals surface area contributed by atoms with E-state index in [-0.39, 0.29) is 16.8 Å². The highest BCUT2D eigenvalue weighted by molar-refractivity contribution is 8.18. The summed E-state index contributed by atoms with van der Waals surface area (Å²) >= 11 is 6.67. The van der Waals surface area contributed by atoms with Gasteiger partial charge in [0.1, 0.15) is 0 Å². The normalized spacial score (nSPS) is 18.0. The van der Waals surface area contributed by atoms with E-state index in [1.165, 1.54) is 6.07 Å². The van der Waals surface area contributed by atoms with Gasteiger partial charge in [-0.25, -0.2) is 4.99 Å². The number of hydrogen-bond acceptors (Lipinski definition) is 3. The number of hydrogen-bond donors (Lipinski definition) is 1. The van der Waals surface area contributed by atoms with E-state index in [1.54, 1.807) is 6.08 Å². The van der Waals surface area contributed by atoms with E-state index in [0.717, 1.165) is 35.0 Å². The number of halogens is 4. The lowest BCUT2D eigenvalue weighted by Gasteiger charge is -2.09. The molecule has 1 saturated heterocycles. The van der Waals surface area contributed by atoms with Crippen LogP contribution in [0.3, 0.4) is 0 Å². The van der Waals surface area contributed by atoms with Crippen molar-refractivity contribution in [1.82, 2.24) is 5.32 Å². The van der Waals surface area contributed by atoms with Gasteiger partial charge in [-0.15, -0.1) is 0 Å². The maximum absolute atomic E-state index is 13.0. The van der Waals surface area contributed by atoms with Gasteiger partial charge in [-0.05, 0) is 54.1 Å². The maximum atomic E-state index is 13.0. The van der Waals surface area contributed by atoms with Gasteiger partial charge in [0.25, 0.3) is 5.91 Å². The number of amides is 1. The molecule has 0 aliphatic carbocycles. The van der Waals surface area contributed by atoms with E-state index in [2.05, 4.69) is 10.3 Å². The second-order valence-electron chi connectivity index (χ2n) is 5.94. The second kappa shape index (κ2) is 8.24. The summed E-state index contributed by atoms with van der Waals surface area (Å²) in [5.74, 6) is -0.352. The van der Waals surface area contributed by atoms with Crippen LogP contribution in [0.2, 0.25) is 5.02 Å². The fraction of sp³-hybridized carbons (Fsp3) is 0.100. The summed E-state index contributed by atoms with van der Waals surface area (Å²) in [6.07, 6.45) is -0.951. The molecule has 3 rings (SSSR count). The number of alkyl halides is 3.